The van der Waals surface area contributed by atoms with Crippen LogP contribution in [0.25, 0.3) is 5.57 Å². The zero-order valence-corrected chi connectivity index (χ0v) is 18.9. The molecule has 0 unspecified atom stereocenters. The first kappa shape index (κ1) is 21.2. The first-order valence-corrected chi connectivity index (χ1v) is 11.7. The van der Waals surface area contributed by atoms with Gasteiger partial charge in [-0.15, -0.1) is 0 Å². The van der Waals surface area contributed by atoms with Gasteiger partial charge in [0, 0.05) is 13.1 Å². The van der Waals surface area contributed by atoms with Crippen molar-refractivity contribution in [2.45, 2.75) is 26.2 Å². The molecule has 4 nitrogen and oxygen atoms in total. The Morgan fingerprint density at radius 1 is 0.788 bits per heavy atom. The number of likely N-dealkylation sites (tertiary alicyclic amines) is 1. The standard InChI is InChI=1S/C29H28N2O2/c1-21-9-8-14-25(19-21)31-28(32)26(24-12-6-3-7-13-24)27(29(31)33)30-17-15-23(16-18-30)20-22-10-4-2-5-11-22/h2-14,19,23H,15-18,20H2,1H3. The lowest BCUT2D eigenvalue weighted by molar-refractivity contribution is -0.120. The van der Waals surface area contributed by atoms with Crippen LogP contribution >= 0.6 is 0 Å². The van der Waals surface area contributed by atoms with Gasteiger partial charge in [0.1, 0.15) is 5.70 Å². The number of nitrogens with zero attached hydrogens (tertiary/aromatic N) is 2. The molecule has 0 saturated carbocycles. The maximum Gasteiger partial charge on any atom is 0.282 e. The molecule has 166 valence electrons. The number of hydrogen-bond donors (Lipinski definition) is 0. The lowest BCUT2D eigenvalue weighted by Gasteiger charge is -2.34. The van der Waals surface area contributed by atoms with Crippen LogP contribution < -0.4 is 4.90 Å². The number of amides is 2. The zero-order valence-electron chi connectivity index (χ0n) is 18.9. The van der Waals surface area contributed by atoms with E-state index >= 15 is 0 Å². The first-order chi connectivity index (χ1) is 16.1. The summed E-state index contributed by atoms with van der Waals surface area (Å²) in [4.78, 5) is 30.8. The summed E-state index contributed by atoms with van der Waals surface area (Å²) in [6.45, 7) is 3.53. The van der Waals surface area contributed by atoms with Crippen LogP contribution in [0, 0.1) is 12.8 Å². The summed E-state index contributed by atoms with van der Waals surface area (Å²) in [7, 11) is 0. The van der Waals surface area contributed by atoms with Gasteiger partial charge >= 0.3 is 0 Å². The van der Waals surface area contributed by atoms with E-state index in [1.54, 1.807) is 0 Å². The zero-order chi connectivity index (χ0) is 22.8. The van der Waals surface area contributed by atoms with Gasteiger partial charge in [-0.3, -0.25) is 9.59 Å². The normalized spacial score (nSPS) is 17.2. The molecule has 3 aromatic carbocycles. The van der Waals surface area contributed by atoms with Crippen LogP contribution in [0.5, 0.6) is 0 Å². The smallest absolute Gasteiger partial charge is 0.282 e. The van der Waals surface area contributed by atoms with Crippen LogP contribution in [-0.4, -0.2) is 29.8 Å². The summed E-state index contributed by atoms with van der Waals surface area (Å²) in [5.74, 6) is 0.133. The lowest BCUT2D eigenvalue weighted by atomic mass is 9.89. The van der Waals surface area contributed by atoms with Gasteiger partial charge in [0.05, 0.1) is 11.3 Å². The molecular weight excluding hydrogens is 408 g/mol. The van der Waals surface area contributed by atoms with Crippen molar-refractivity contribution < 1.29 is 9.59 Å². The van der Waals surface area contributed by atoms with Gasteiger partial charge in [0.25, 0.3) is 11.8 Å². The fourth-order valence-electron chi connectivity index (χ4n) is 4.99. The van der Waals surface area contributed by atoms with Crippen LogP contribution in [0.4, 0.5) is 5.69 Å². The minimum Gasteiger partial charge on any atom is -0.366 e. The van der Waals surface area contributed by atoms with Gasteiger partial charge in [0.15, 0.2) is 0 Å². The molecule has 0 spiro atoms. The average molecular weight is 437 g/mol. The molecule has 4 heteroatoms. The quantitative estimate of drug-likeness (QED) is 0.514. The molecule has 2 amide bonds. The van der Waals surface area contributed by atoms with Crippen molar-refractivity contribution in [1.29, 1.82) is 0 Å². The van der Waals surface area contributed by atoms with Crippen LogP contribution in [0.1, 0.15) is 29.5 Å². The van der Waals surface area contributed by atoms with Crippen LogP contribution in [-0.2, 0) is 16.0 Å². The Bertz CT molecular complexity index is 1190. The number of benzene rings is 3. The van der Waals surface area contributed by atoms with Crippen molar-refractivity contribution >= 4 is 23.1 Å². The number of imide groups is 1. The molecule has 1 saturated heterocycles. The van der Waals surface area contributed by atoms with Crippen LogP contribution in [0.15, 0.2) is 90.6 Å². The van der Waals surface area contributed by atoms with Crippen molar-refractivity contribution in [2.75, 3.05) is 18.0 Å². The Balaban J connectivity index is 1.44. The van der Waals surface area contributed by atoms with E-state index in [0.29, 0.717) is 22.9 Å². The van der Waals surface area contributed by atoms with E-state index in [0.717, 1.165) is 43.5 Å². The number of hydrogen-bond acceptors (Lipinski definition) is 3. The molecule has 0 N–H and O–H groups in total. The maximum absolute atomic E-state index is 13.7. The molecule has 1 fully saturated rings. The molecule has 2 aliphatic heterocycles. The van der Waals surface area contributed by atoms with Crippen molar-refractivity contribution in [1.82, 2.24) is 4.90 Å². The number of carbonyl (C=O) groups excluding carboxylic acids is 2. The molecule has 0 atom stereocenters. The monoisotopic (exact) mass is 436 g/mol. The van der Waals surface area contributed by atoms with E-state index in [1.165, 1.54) is 10.5 Å². The first-order valence-electron chi connectivity index (χ1n) is 11.7. The summed E-state index contributed by atoms with van der Waals surface area (Å²) in [5, 5.41) is 0. The highest BCUT2D eigenvalue weighted by atomic mass is 16.2. The number of carbonyl (C=O) groups is 2. The third-order valence-electron chi connectivity index (χ3n) is 6.68. The SMILES string of the molecule is Cc1cccc(N2C(=O)C(c3ccccc3)=C(N3CCC(Cc4ccccc4)CC3)C2=O)c1. The molecule has 0 aliphatic carbocycles. The third-order valence-corrected chi connectivity index (χ3v) is 6.68. The number of anilines is 1. The van der Waals surface area contributed by atoms with Crippen LogP contribution in [0.3, 0.4) is 0 Å². The molecule has 2 heterocycles. The van der Waals surface area contributed by atoms with Crippen molar-refractivity contribution in [2.24, 2.45) is 5.92 Å². The minimum atomic E-state index is -0.238. The van der Waals surface area contributed by atoms with Crippen molar-refractivity contribution in [3.63, 3.8) is 0 Å². The minimum absolute atomic E-state index is 0.217. The summed E-state index contributed by atoms with van der Waals surface area (Å²) >= 11 is 0. The molecule has 5 rings (SSSR count). The van der Waals surface area contributed by atoms with E-state index in [-0.39, 0.29) is 11.8 Å². The lowest BCUT2D eigenvalue weighted by Crippen LogP contribution is -2.39. The topological polar surface area (TPSA) is 40.6 Å². The Hall–Kier alpha value is -3.66. The molecular formula is C29H28N2O2. The van der Waals surface area contributed by atoms with Gasteiger partial charge in [-0.1, -0.05) is 72.8 Å². The summed E-state index contributed by atoms with van der Waals surface area (Å²) in [6.07, 6.45) is 3.07. The van der Waals surface area contributed by atoms with Crippen LogP contribution in [0.2, 0.25) is 0 Å². The summed E-state index contributed by atoms with van der Waals surface area (Å²) < 4.78 is 0. The fourth-order valence-corrected chi connectivity index (χ4v) is 4.99. The van der Waals surface area contributed by atoms with E-state index in [9.17, 15) is 9.59 Å². The van der Waals surface area contributed by atoms with E-state index in [1.807, 2.05) is 67.6 Å². The molecule has 2 aliphatic rings. The van der Waals surface area contributed by atoms with E-state index in [2.05, 4.69) is 29.2 Å². The Morgan fingerprint density at radius 2 is 1.45 bits per heavy atom. The number of aryl methyl sites for hydroxylation is 1. The van der Waals surface area contributed by atoms with Crippen molar-refractivity contribution in [3.8, 4) is 0 Å². The Morgan fingerprint density at radius 3 is 2.12 bits per heavy atom. The Labute approximate surface area is 195 Å². The second-order valence-corrected chi connectivity index (χ2v) is 8.99. The largest absolute Gasteiger partial charge is 0.366 e. The third kappa shape index (κ3) is 4.21. The second-order valence-electron chi connectivity index (χ2n) is 8.99. The van der Waals surface area contributed by atoms with Gasteiger partial charge in [-0.2, -0.15) is 0 Å². The Kier molecular flexibility index (Phi) is 5.82. The number of piperidine rings is 1. The van der Waals surface area contributed by atoms with Gasteiger partial charge in [-0.25, -0.2) is 4.90 Å². The predicted octanol–water partition coefficient (Wildman–Crippen LogP) is 5.23. The van der Waals surface area contributed by atoms with E-state index < -0.39 is 0 Å². The highest BCUT2D eigenvalue weighted by molar-refractivity contribution is 6.45. The summed E-state index contributed by atoms with van der Waals surface area (Å²) in [5.41, 5.74) is 4.87. The highest BCUT2D eigenvalue weighted by Crippen LogP contribution is 2.36. The maximum atomic E-state index is 13.7. The fraction of sp³-hybridized carbons (Fsp3) is 0.241. The van der Waals surface area contributed by atoms with Gasteiger partial charge in [-0.05, 0) is 60.9 Å². The molecule has 3 aromatic rings. The predicted molar refractivity (Wildman–Crippen MR) is 131 cm³/mol. The van der Waals surface area contributed by atoms with Crippen molar-refractivity contribution in [3.05, 3.63) is 107 Å². The molecule has 0 radical (unpaired) electrons. The second kappa shape index (κ2) is 9.07. The van der Waals surface area contributed by atoms with Gasteiger partial charge in [0.2, 0.25) is 0 Å². The van der Waals surface area contributed by atoms with Gasteiger partial charge < -0.3 is 4.90 Å². The summed E-state index contributed by atoms with van der Waals surface area (Å²) in [6, 6.07) is 27.8. The molecule has 33 heavy (non-hydrogen) atoms. The highest BCUT2D eigenvalue weighted by Gasteiger charge is 2.43. The van der Waals surface area contributed by atoms with E-state index in [4.69, 9.17) is 0 Å². The molecule has 0 bridgehead atoms. The number of rotatable bonds is 5. The average Bonchev–Trinajstić information content (AvgIpc) is 3.10. The molecule has 0 aromatic heterocycles.